The average Bonchev–Trinajstić information content (AvgIpc) is 3.03. The first-order valence-corrected chi connectivity index (χ1v) is 8.82. The van der Waals surface area contributed by atoms with Gasteiger partial charge in [0.2, 0.25) is 5.91 Å². The lowest BCUT2D eigenvalue weighted by Gasteiger charge is -2.19. The molecule has 1 N–H and O–H groups in total. The van der Waals surface area contributed by atoms with Crippen LogP contribution in [0, 0.1) is 0 Å². The molecule has 1 aromatic carbocycles. The minimum absolute atomic E-state index is 0.0805. The summed E-state index contributed by atoms with van der Waals surface area (Å²) in [6.45, 7) is 3.78. The number of hydrogen-bond acceptors (Lipinski definition) is 5. The third-order valence-corrected chi connectivity index (χ3v) is 5.15. The molecule has 2 aromatic rings. The summed E-state index contributed by atoms with van der Waals surface area (Å²) < 4.78 is 1.08. The normalized spacial score (nSPS) is 16.4. The summed E-state index contributed by atoms with van der Waals surface area (Å²) in [4.78, 5) is 43.5. The van der Waals surface area contributed by atoms with Crippen molar-refractivity contribution in [2.45, 2.75) is 32.4 Å². The van der Waals surface area contributed by atoms with Crippen LogP contribution in [0.5, 0.6) is 0 Å². The minimum atomic E-state index is -0.910. The number of para-hydroxylation sites is 1. The molecule has 0 saturated carbocycles. The zero-order valence-electron chi connectivity index (χ0n) is 14.4. The molecule has 1 aliphatic rings. The maximum absolute atomic E-state index is 12.3. The number of aromatic nitrogens is 1. The first-order chi connectivity index (χ1) is 11.8. The van der Waals surface area contributed by atoms with Crippen LogP contribution in [-0.2, 0) is 16.1 Å². The lowest BCUT2D eigenvalue weighted by Crippen LogP contribution is -2.40. The van der Waals surface area contributed by atoms with Crippen molar-refractivity contribution in [2.75, 3.05) is 13.6 Å². The Balaban J connectivity index is 1.58. The molecular formula is C17H20N4O3S. The van der Waals surface area contributed by atoms with Gasteiger partial charge in [0.05, 0.1) is 16.8 Å². The number of carbonyl (C=O) groups excluding carboxylic acids is 3. The van der Waals surface area contributed by atoms with Gasteiger partial charge in [0, 0.05) is 20.0 Å². The van der Waals surface area contributed by atoms with Gasteiger partial charge in [-0.05, 0) is 26.0 Å². The maximum Gasteiger partial charge on any atom is 0.325 e. The van der Waals surface area contributed by atoms with Crippen molar-refractivity contribution < 1.29 is 14.4 Å². The van der Waals surface area contributed by atoms with Crippen LogP contribution in [0.2, 0.25) is 0 Å². The summed E-state index contributed by atoms with van der Waals surface area (Å²) in [5.74, 6) is -0.441. The van der Waals surface area contributed by atoms with Crippen molar-refractivity contribution in [3.8, 4) is 0 Å². The summed E-state index contributed by atoms with van der Waals surface area (Å²) in [6.07, 6.45) is 0.0939. The van der Waals surface area contributed by atoms with Gasteiger partial charge in [-0.25, -0.2) is 9.78 Å². The third kappa shape index (κ3) is 3.48. The van der Waals surface area contributed by atoms with E-state index in [-0.39, 0.29) is 24.8 Å². The van der Waals surface area contributed by atoms with Gasteiger partial charge < -0.3 is 10.2 Å². The number of nitrogens with zero attached hydrogens (tertiary/aromatic N) is 3. The van der Waals surface area contributed by atoms with Crippen molar-refractivity contribution in [3.63, 3.8) is 0 Å². The Morgan fingerprint density at radius 1 is 1.32 bits per heavy atom. The molecular weight excluding hydrogens is 340 g/mol. The average molecular weight is 360 g/mol. The summed E-state index contributed by atoms with van der Waals surface area (Å²) >= 11 is 1.55. The fraction of sp³-hybridized carbons (Fsp3) is 0.412. The van der Waals surface area contributed by atoms with E-state index in [1.54, 1.807) is 37.1 Å². The van der Waals surface area contributed by atoms with Crippen molar-refractivity contribution in [3.05, 3.63) is 29.3 Å². The number of amides is 4. The van der Waals surface area contributed by atoms with Crippen molar-refractivity contribution in [2.24, 2.45) is 0 Å². The van der Waals surface area contributed by atoms with E-state index in [0.29, 0.717) is 6.54 Å². The molecule has 4 amide bonds. The lowest BCUT2D eigenvalue weighted by molar-refractivity contribution is -0.132. The quantitative estimate of drug-likeness (QED) is 0.827. The predicted octanol–water partition coefficient (Wildman–Crippen LogP) is 1.98. The number of thiazole rings is 1. The number of imide groups is 1. The highest BCUT2D eigenvalue weighted by Crippen LogP contribution is 2.22. The van der Waals surface area contributed by atoms with Gasteiger partial charge in [0.1, 0.15) is 10.5 Å². The maximum atomic E-state index is 12.3. The van der Waals surface area contributed by atoms with Gasteiger partial charge in [-0.1, -0.05) is 12.1 Å². The van der Waals surface area contributed by atoms with E-state index in [2.05, 4.69) is 10.3 Å². The second-order valence-electron chi connectivity index (χ2n) is 6.59. The fourth-order valence-electron chi connectivity index (χ4n) is 2.70. The number of carbonyl (C=O) groups is 3. The Labute approximate surface area is 149 Å². The van der Waals surface area contributed by atoms with Crippen LogP contribution in [0.3, 0.4) is 0 Å². The topological polar surface area (TPSA) is 82.6 Å². The van der Waals surface area contributed by atoms with Crippen molar-refractivity contribution in [1.82, 2.24) is 20.1 Å². The number of hydrogen-bond donors (Lipinski definition) is 1. The second kappa shape index (κ2) is 6.44. The highest BCUT2D eigenvalue weighted by molar-refractivity contribution is 7.18. The summed E-state index contributed by atoms with van der Waals surface area (Å²) in [5.41, 5.74) is 0.0115. The lowest BCUT2D eigenvalue weighted by atomic mass is 10.1. The third-order valence-electron chi connectivity index (χ3n) is 4.13. The van der Waals surface area contributed by atoms with Crippen LogP contribution in [0.25, 0.3) is 10.2 Å². The number of rotatable bonds is 5. The molecule has 3 rings (SSSR count). The van der Waals surface area contributed by atoms with Gasteiger partial charge in [0.15, 0.2) is 0 Å². The molecule has 8 heteroatoms. The molecule has 1 aromatic heterocycles. The standard InChI is InChI=1S/C17H20N4O3S/c1-17(2)15(23)21(16(24)19-17)9-8-14(22)20(3)10-13-18-11-6-4-5-7-12(11)25-13/h4-7H,8-10H2,1-3H3,(H,19,24). The molecule has 1 aliphatic heterocycles. The zero-order chi connectivity index (χ0) is 18.2. The smallest absolute Gasteiger partial charge is 0.325 e. The number of benzene rings is 1. The van der Waals surface area contributed by atoms with Gasteiger partial charge in [0.25, 0.3) is 5.91 Å². The summed E-state index contributed by atoms with van der Waals surface area (Å²) in [6, 6.07) is 7.38. The second-order valence-corrected chi connectivity index (χ2v) is 7.70. The van der Waals surface area contributed by atoms with Crippen LogP contribution in [0.15, 0.2) is 24.3 Å². The van der Waals surface area contributed by atoms with E-state index in [1.807, 2.05) is 24.3 Å². The Kier molecular flexibility index (Phi) is 4.47. The molecule has 7 nitrogen and oxygen atoms in total. The van der Waals surface area contributed by atoms with Crippen LogP contribution in [-0.4, -0.2) is 51.8 Å². The molecule has 1 saturated heterocycles. The Morgan fingerprint density at radius 2 is 2.04 bits per heavy atom. The predicted molar refractivity (Wildman–Crippen MR) is 95.0 cm³/mol. The fourth-order valence-corrected chi connectivity index (χ4v) is 3.72. The van der Waals surface area contributed by atoms with Crippen LogP contribution < -0.4 is 5.32 Å². The molecule has 0 bridgehead atoms. The molecule has 0 radical (unpaired) electrons. The molecule has 1 fully saturated rings. The van der Waals surface area contributed by atoms with E-state index < -0.39 is 11.6 Å². The molecule has 0 spiro atoms. The first-order valence-electron chi connectivity index (χ1n) is 8.00. The monoisotopic (exact) mass is 360 g/mol. The van der Waals surface area contributed by atoms with E-state index in [0.717, 1.165) is 20.1 Å². The van der Waals surface area contributed by atoms with E-state index >= 15 is 0 Å². The molecule has 25 heavy (non-hydrogen) atoms. The van der Waals surface area contributed by atoms with E-state index in [9.17, 15) is 14.4 Å². The number of fused-ring (bicyclic) bond motifs is 1. The Hall–Kier alpha value is -2.48. The molecule has 132 valence electrons. The zero-order valence-corrected chi connectivity index (χ0v) is 15.2. The Morgan fingerprint density at radius 3 is 2.68 bits per heavy atom. The summed E-state index contributed by atoms with van der Waals surface area (Å²) in [7, 11) is 1.70. The minimum Gasteiger partial charge on any atom is -0.339 e. The van der Waals surface area contributed by atoms with Crippen molar-refractivity contribution >= 4 is 39.4 Å². The van der Waals surface area contributed by atoms with Crippen molar-refractivity contribution in [1.29, 1.82) is 0 Å². The first kappa shape index (κ1) is 17.3. The largest absolute Gasteiger partial charge is 0.339 e. The SMILES string of the molecule is CN(Cc1nc2ccccc2s1)C(=O)CCN1C(=O)NC(C)(C)C1=O. The van der Waals surface area contributed by atoms with Gasteiger partial charge in [-0.2, -0.15) is 0 Å². The van der Waals surface area contributed by atoms with E-state index in [4.69, 9.17) is 0 Å². The van der Waals surface area contributed by atoms with Crippen LogP contribution in [0.4, 0.5) is 4.79 Å². The number of urea groups is 1. The Bertz CT molecular complexity index is 812. The molecule has 0 atom stereocenters. The molecule has 0 aliphatic carbocycles. The van der Waals surface area contributed by atoms with Gasteiger partial charge in [-0.3, -0.25) is 14.5 Å². The summed E-state index contributed by atoms with van der Waals surface area (Å²) in [5, 5.41) is 3.46. The molecule has 2 heterocycles. The highest BCUT2D eigenvalue weighted by Gasteiger charge is 2.44. The highest BCUT2D eigenvalue weighted by atomic mass is 32.1. The van der Waals surface area contributed by atoms with E-state index in [1.165, 1.54) is 0 Å². The van der Waals surface area contributed by atoms with Crippen LogP contribution in [0.1, 0.15) is 25.3 Å². The van der Waals surface area contributed by atoms with Gasteiger partial charge in [-0.15, -0.1) is 11.3 Å². The number of nitrogens with one attached hydrogen (secondary N) is 1. The van der Waals surface area contributed by atoms with Gasteiger partial charge >= 0.3 is 6.03 Å². The van der Waals surface area contributed by atoms with Crippen LogP contribution >= 0.6 is 11.3 Å². The molecule has 0 unspecified atom stereocenters.